The molecule has 1 rings (SSSR count). The molecule has 1 N–H and O–H groups in total. The molecule has 0 amide bonds. The molecular weight excluding hydrogens is 182 g/mol. The molecular formula is C10H9NO3. The van der Waals surface area contributed by atoms with Crippen LogP contribution in [0.15, 0.2) is 24.5 Å². The maximum absolute atomic E-state index is 10.6. The molecule has 0 atom stereocenters. The number of carboxylic acid groups (broad SMARTS) is 1. The molecule has 0 radical (unpaired) electrons. The van der Waals surface area contributed by atoms with Gasteiger partial charge in [0.1, 0.15) is 6.29 Å². The molecule has 0 bridgehead atoms. The van der Waals surface area contributed by atoms with Gasteiger partial charge in [0.2, 0.25) is 0 Å². The number of allylic oxidation sites excluding steroid dienone is 1. The van der Waals surface area contributed by atoms with Crippen molar-refractivity contribution in [3.8, 4) is 0 Å². The molecule has 0 saturated carbocycles. The van der Waals surface area contributed by atoms with E-state index in [0.29, 0.717) is 12.0 Å². The summed E-state index contributed by atoms with van der Waals surface area (Å²) in [6.45, 7) is 0. The minimum absolute atomic E-state index is 0.137. The van der Waals surface area contributed by atoms with Crippen LogP contribution in [0.5, 0.6) is 0 Å². The van der Waals surface area contributed by atoms with Gasteiger partial charge in [0.05, 0.1) is 5.56 Å². The van der Waals surface area contributed by atoms with E-state index in [-0.39, 0.29) is 5.56 Å². The number of carboxylic acids is 1. The first kappa shape index (κ1) is 10.1. The Hall–Kier alpha value is -1.97. The molecule has 1 aromatic heterocycles. The summed E-state index contributed by atoms with van der Waals surface area (Å²) < 4.78 is 0. The van der Waals surface area contributed by atoms with Gasteiger partial charge in [0, 0.05) is 18.8 Å². The van der Waals surface area contributed by atoms with Gasteiger partial charge in [-0.3, -0.25) is 4.98 Å². The van der Waals surface area contributed by atoms with Gasteiger partial charge in [-0.1, -0.05) is 12.2 Å². The first-order chi connectivity index (χ1) is 6.74. The number of aromatic nitrogens is 1. The number of carbonyl (C=O) groups is 2. The lowest BCUT2D eigenvalue weighted by Gasteiger charge is -1.95. The smallest absolute Gasteiger partial charge is 0.337 e. The highest BCUT2D eigenvalue weighted by Gasteiger charge is 2.01. The van der Waals surface area contributed by atoms with Crippen molar-refractivity contribution in [1.82, 2.24) is 4.98 Å². The van der Waals surface area contributed by atoms with Crippen LogP contribution < -0.4 is 0 Å². The highest BCUT2D eigenvalue weighted by molar-refractivity contribution is 5.87. The van der Waals surface area contributed by atoms with E-state index < -0.39 is 5.97 Å². The Morgan fingerprint density at radius 3 is 2.93 bits per heavy atom. The summed E-state index contributed by atoms with van der Waals surface area (Å²) in [5.41, 5.74) is 0.810. The normalized spacial score (nSPS) is 10.3. The zero-order valence-electron chi connectivity index (χ0n) is 7.38. The van der Waals surface area contributed by atoms with Gasteiger partial charge in [-0.15, -0.1) is 0 Å². The fraction of sp³-hybridized carbons (Fsp3) is 0.100. The van der Waals surface area contributed by atoms with E-state index in [4.69, 9.17) is 5.11 Å². The van der Waals surface area contributed by atoms with Crippen molar-refractivity contribution in [1.29, 1.82) is 0 Å². The Balaban J connectivity index is 2.83. The predicted molar refractivity (Wildman–Crippen MR) is 50.9 cm³/mol. The average molecular weight is 191 g/mol. The largest absolute Gasteiger partial charge is 0.478 e. The topological polar surface area (TPSA) is 67.3 Å². The molecule has 0 aliphatic carbocycles. The second-order valence-electron chi connectivity index (χ2n) is 2.62. The average Bonchev–Trinajstić information content (AvgIpc) is 2.19. The predicted octanol–water partition coefficient (Wildman–Crippen LogP) is 1.38. The molecule has 72 valence electrons. The van der Waals surface area contributed by atoms with Gasteiger partial charge in [-0.05, 0) is 11.6 Å². The van der Waals surface area contributed by atoms with Crippen molar-refractivity contribution < 1.29 is 14.7 Å². The summed E-state index contributed by atoms with van der Waals surface area (Å²) in [5.74, 6) is -1.01. The Morgan fingerprint density at radius 1 is 1.50 bits per heavy atom. The van der Waals surface area contributed by atoms with Crippen molar-refractivity contribution in [2.24, 2.45) is 0 Å². The Kier molecular flexibility index (Phi) is 3.55. The Bertz CT molecular complexity index is 371. The fourth-order valence-corrected chi connectivity index (χ4v) is 0.926. The van der Waals surface area contributed by atoms with Gasteiger partial charge in [0.25, 0.3) is 0 Å². The third-order valence-corrected chi connectivity index (χ3v) is 1.55. The van der Waals surface area contributed by atoms with Crippen LogP contribution in [-0.4, -0.2) is 22.3 Å². The fourth-order valence-electron chi connectivity index (χ4n) is 0.926. The van der Waals surface area contributed by atoms with Gasteiger partial charge < -0.3 is 9.90 Å². The SMILES string of the molecule is O=CCC=Cc1cncc(C(=O)O)c1. The van der Waals surface area contributed by atoms with Crippen LogP contribution in [0.2, 0.25) is 0 Å². The van der Waals surface area contributed by atoms with Gasteiger partial charge in [0.15, 0.2) is 0 Å². The molecule has 0 aliphatic rings. The maximum atomic E-state index is 10.6. The first-order valence-corrected chi connectivity index (χ1v) is 4.02. The number of aromatic carboxylic acids is 1. The molecule has 1 heterocycles. The lowest BCUT2D eigenvalue weighted by atomic mass is 10.2. The van der Waals surface area contributed by atoms with Gasteiger partial charge in [-0.2, -0.15) is 0 Å². The van der Waals surface area contributed by atoms with E-state index in [2.05, 4.69) is 4.98 Å². The van der Waals surface area contributed by atoms with Crippen LogP contribution >= 0.6 is 0 Å². The second-order valence-corrected chi connectivity index (χ2v) is 2.62. The molecule has 0 spiro atoms. The van der Waals surface area contributed by atoms with Crippen molar-refractivity contribution >= 4 is 18.3 Å². The Labute approximate surface area is 80.9 Å². The lowest BCUT2D eigenvalue weighted by Crippen LogP contribution is -1.96. The van der Waals surface area contributed by atoms with E-state index in [0.717, 1.165) is 6.29 Å². The second kappa shape index (κ2) is 4.91. The highest BCUT2D eigenvalue weighted by Crippen LogP contribution is 2.04. The van der Waals surface area contributed by atoms with Crippen molar-refractivity contribution in [3.05, 3.63) is 35.7 Å². The molecule has 0 aliphatic heterocycles. The van der Waals surface area contributed by atoms with E-state index in [1.807, 2.05) is 0 Å². The van der Waals surface area contributed by atoms with E-state index in [1.165, 1.54) is 18.5 Å². The van der Waals surface area contributed by atoms with Crippen molar-refractivity contribution in [2.45, 2.75) is 6.42 Å². The molecule has 0 fully saturated rings. The number of pyridine rings is 1. The summed E-state index contributed by atoms with van der Waals surface area (Å²) in [5, 5.41) is 8.66. The number of hydrogen-bond donors (Lipinski definition) is 1. The number of hydrogen-bond acceptors (Lipinski definition) is 3. The van der Waals surface area contributed by atoms with Crippen molar-refractivity contribution in [3.63, 3.8) is 0 Å². The molecule has 14 heavy (non-hydrogen) atoms. The summed E-state index contributed by atoms with van der Waals surface area (Å²) in [6, 6.07) is 1.50. The number of carbonyl (C=O) groups excluding carboxylic acids is 1. The van der Waals surface area contributed by atoms with Crippen LogP contribution in [0.25, 0.3) is 6.08 Å². The van der Waals surface area contributed by atoms with E-state index in [1.54, 1.807) is 12.2 Å². The lowest BCUT2D eigenvalue weighted by molar-refractivity contribution is -0.107. The third-order valence-electron chi connectivity index (χ3n) is 1.55. The van der Waals surface area contributed by atoms with Crippen LogP contribution in [-0.2, 0) is 4.79 Å². The first-order valence-electron chi connectivity index (χ1n) is 4.02. The monoisotopic (exact) mass is 191 g/mol. The zero-order valence-corrected chi connectivity index (χ0v) is 7.38. The summed E-state index contributed by atoms with van der Waals surface area (Å²) in [4.78, 5) is 24.3. The van der Waals surface area contributed by atoms with Crippen LogP contribution in [0.3, 0.4) is 0 Å². The molecule has 4 heteroatoms. The summed E-state index contributed by atoms with van der Waals surface area (Å²) in [7, 11) is 0. The number of rotatable bonds is 4. The van der Waals surface area contributed by atoms with Gasteiger partial charge in [-0.25, -0.2) is 4.79 Å². The quantitative estimate of drug-likeness (QED) is 0.730. The van der Waals surface area contributed by atoms with Crippen LogP contribution in [0.4, 0.5) is 0 Å². The molecule has 1 aromatic rings. The third kappa shape index (κ3) is 2.82. The molecule has 4 nitrogen and oxygen atoms in total. The minimum Gasteiger partial charge on any atom is -0.478 e. The maximum Gasteiger partial charge on any atom is 0.337 e. The Morgan fingerprint density at radius 2 is 2.29 bits per heavy atom. The summed E-state index contributed by atoms with van der Waals surface area (Å²) in [6.07, 6.45) is 7.21. The van der Waals surface area contributed by atoms with Gasteiger partial charge >= 0.3 is 5.97 Å². The summed E-state index contributed by atoms with van der Waals surface area (Å²) >= 11 is 0. The van der Waals surface area contributed by atoms with Crippen LogP contribution in [0, 0.1) is 0 Å². The molecule has 0 aromatic carbocycles. The minimum atomic E-state index is -1.01. The zero-order chi connectivity index (χ0) is 10.4. The highest BCUT2D eigenvalue weighted by atomic mass is 16.4. The van der Waals surface area contributed by atoms with E-state index in [9.17, 15) is 9.59 Å². The van der Waals surface area contributed by atoms with Crippen molar-refractivity contribution in [2.75, 3.05) is 0 Å². The molecule has 0 saturated heterocycles. The van der Waals surface area contributed by atoms with E-state index >= 15 is 0 Å². The number of nitrogens with zero attached hydrogens (tertiary/aromatic N) is 1. The standard InChI is InChI=1S/C10H9NO3/c12-4-2-1-3-8-5-9(10(13)14)7-11-6-8/h1,3-7H,2H2,(H,13,14). The van der Waals surface area contributed by atoms with Crippen LogP contribution in [0.1, 0.15) is 22.3 Å². The molecule has 0 unspecified atom stereocenters. The number of aldehydes is 1.